The van der Waals surface area contributed by atoms with Crippen LogP contribution in [0.5, 0.6) is 0 Å². The molecule has 0 aliphatic carbocycles. The second kappa shape index (κ2) is 6.47. The molecule has 1 aromatic heterocycles. The van der Waals surface area contributed by atoms with Crippen molar-refractivity contribution in [1.82, 2.24) is 15.1 Å². The molecule has 0 aliphatic rings. The molecule has 0 amide bonds. The number of halogens is 3. The second-order valence-electron chi connectivity index (χ2n) is 3.76. The lowest BCUT2D eigenvalue weighted by molar-refractivity contribution is 0.491. The predicted molar refractivity (Wildman–Crippen MR) is 67.4 cm³/mol. The van der Waals surface area contributed by atoms with E-state index in [1.54, 1.807) is 16.9 Å². The molecule has 1 heterocycles. The molecule has 6 heteroatoms. The molecule has 0 aliphatic heterocycles. The van der Waals surface area contributed by atoms with Gasteiger partial charge in [0.05, 0.1) is 5.69 Å². The maximum atomic E-state index is 13.3. The number of hydrogen-bond donors (Lipinski definition) is 1. The SMILES string of the molecule is Cl.Cn1nccc1CNCc1cccc(F)c1F. The molecule has 18 heavy (non-hydrogen) atoms. The Morgan fingerprint density at radius 2 is 2.00 bits per heavy atom. The molecular formula is C12H14ClF2N3. The number of nitrogens with zero attached hydrogens (tertiary/aromatic N) is 2. The van der Waals surface area contributed by atoms with Crippen LogP contribution < -0.4 is 5.32 Å². The number of aromatic nitrogens is 2. The summed E-state index contributed by atoms with van der Waals surface area (Å²) in [4.78, 5) is 0. The van der Waals surface area contributed by atoms with Crippen molar-refractivity contribution in [3.8, 4) is 0 Å². The van der Waals surface area contributed by atoms with Gasteiger partial charge in [-0.1, -0.05) is 12.1 Å². The summed E-state index contributed by atoms with van der Waals surface area (Å²) in [6, 6.07) is 6.04. The Kier molecular flexibility index (Phi) is 5.25. The zero-order chi connectivity index (χ0) is 12.3. The lowest BCUT2D eigenvalue weighted by Crippen LogP contribution is -2.16. The smallest absolute Gasteiger partial charge is 0.163 e. The van der Waals surface area contributed by atoms with Gasteiger partial charge in [0, 0.05) is 31.9 Å². The number of hydrogen-bond acceptors (Lipinski definition) is 2. The maximum absolute atomic E-state index is 13.3. The van der Waals surface area contributed by atoms with Gasteiger partial charge in [-0.3, -0.25) is 4.68 Å². The summed E-state index contributed by atoms with van der Waals surface area (Å²) in [6.07, 6.45) is 1.69. The molecule has 0 saturated carbocycles. The van der Waals surface area contributed by atoms with Crippen molar-refractivity contribution in [2.45, 2.75) is 13.1 Å². The fraction of sp³-hybridized carbons (Fsp3) is 0.250. The number of benzene rings is 1. The molecule has 1 aromatic carbocycles. The highest BCUT2D eigenvalue weighted by Crippen LogP contribution is 2.11. The molecule has 2 aromatic rings. The number of aryl methyl sites for hydroxylation is 1. The van der Waals surface area contributed by atoms with Crippen LogP contribution in [-0.2, 0) is 20.1 Å². The van der Waals surface area contributed by atoms with E-state index < -0.39 is 11.6 Å². The summed E-state index contributed by atoms with van der Waals surface area (Å²) >= 11 is 0. The average molecular weight is 274 g/mol. The third-order valence-corrected chi connectivity index (χ3v) is 2.58. The van der Waals surface area contributed by atoms with Gasteiger partial charge >= 0.3 is 0 Å². The first kappa shape index (κ1) is 14.6. The molecule has 0 bridgehead atoms. The maximum Gasteiger partial charge on any atom is 0.163 e. The topological polar surface area (TPSA) is 29.9 Å². The van der Waals surface area contributed by atoms with E-state index in [0.29, 0.717) is 12.1 Å². The van der Waals surface area contributed by atoms with Crippen LogP contribution in [0.2, 0.25) is 0 Å². The average Bonchev–Trinajstić information content (AvgIpc) is 2.71. The first-order valence-electron chi connectivity index (χ1n) is 5.29. The molecular weight excluding hydrogens is 260 g/mol. The minimum absolute atomic E-state index is 0. The quantitative estimate of drug-likeness (QED) is 0.927. The molecule has 2 rings (SSSR count). The third-order valence-electron chi connectivity index (χ3n) is 2.58. The summed E-state index contributed by atoms with van der Waals surface area (Å²) in [6.45, 7) is 0.848. The van der Waals surface area contributed by atoms with Crippen LogP contribution in [0.1, 0.15) is 11.3 Å². The Hall–Kier alpha value is -1.46. The van der Waals surface area contributed by atoms with Gasteiger partial charge in [0.2, 0.25) is 0 Å². The normalized spacial score (nSPS) is 10.2. The zero-order valence-corrected chi connectivity index (χ0v) is 10.7. The second-order valence-corrected chi connectivity index (χ2v) is 3.76. The molecule has 3 nitrogen and oxygen atoms in total. The van der Waals surface area contributed by atoms with Gasteiger partial charge in [-0.2, -0.15) is 5.10 Å². The lowest BCUT2D eigenvalue weighted by atomic mass is 10.2. The van der Waals surface area contributed by atoms with Crippen molar-refractivity contribution in [2.24, 2.45) is 7.05 Å². The molecule has 0 fully saturated rings. The van der Waals surface area contributed by atoms with E-state index in [1.807, 2.05) is 13.1 Å². The van der Waals surface area contributed by atoms with Crippen molar-refractivity contribution in [1.29, 1.82) is 0 Å². The van der Waals surface area contributed by atoms with E-state index in [1.165, 1.54) is 6.07 Å². The van der Waals surface area contributed by atoms with E-state index in [-0.39, 0.29) is 19.0 Å². The minimum Gasteiger partial charge on any atom is -0.307 e. The Labute approximate surface area is 110 Å². The largest absolute Gasteiger partial charge is 0.307 e. The van der Waals surface area contributed by atoms with Crippen LogP contribution in [0.3, 0.4) is 0 Å². The van der Waals surface area contributed by atoms with E-state index in [9.17, 15) is 8.78 Å². The Bertz CT molecular complexity index is 514. The van der Waals surface area contributed by atoms with Crippen LogP contribution in [0.25, 0.3) is 0 Å². The first-order chi connectivity index (χ1) is 8.18. The van der Waals surface area contributed by atoms with Crippen molar-refractivity contribution in [2.75, 3.05) is 0 Å². The molecule has 0 saturated heterocycles. The number of rotatable bonds is 4. The Balaban J connectivity index is 0.00000162. The molecule has 0 spiro atoms. The predicted octanol–water partition coefficient (Wildman–Crippen LogP) is 2.41. The first-order valence-corrected chi connectivity index (χ1v) is 5.29. The molecule has 0 atom stereocenters. The summed E-state index contributed by atoms with van der Waals surface area (Å²) in [5, 5.41) is 7.06. The summed E-state index contributed by atoms with van der Waals surface area (Å²) in [7, 11) is 1.83. The zero-order valence-electron chi connectivity index (χ0n) is 9.86. The van der Waals surface area contributed by atoms with Crippen LogP contribution in [-0.4, -0.2) is 9.78 Å². The van der Waals surface area contributed by atoms with E-state index in [0.717, 1.165) is 11.8 Å². The van der Waals surface area contributed by atoms with Crippen molar-refractivity contribution >= 4 is 12.4 Å². The Morgan fingerprint density at radius 3 is 2.67 bits per heavy atom. The Morgan fingerprint density at radius 1 is 1.22 bits per heavy atom. The lowest BCUT2D eigenvalue weighted by Gasteiger charge is -2.06. The number of nitrogens with one attached hydrogen (secondary N) is 1. The monoisotopic (exact) mass is 273 g/mol. The highest BCUT2D eigenvalue weighted by atomic mass is 35.5. The van der Waals surface area contributed by atoms with Gasteiger partial charge in [0.15, 0.2) is 11.6 Å². The molecule has 0 radical (unpaired) electrons. The highest BCUT2D eigenvalue weighted by Gasteiger charge is 2.07. The van der Waals surface area contributed by atoms with E-state index in [2.05, 4.69) is 10.4 Å². The van der Waals surface area contributed by atoms with Crippen molar-refractivity contribution < 1.29 is 8.78 Å². The van der Waals surface area contributed by atoms with Gasteiger partial charge < -0.3 is 5.32 Å². The van der Waals surface area contributed by atoms with Gasteiger partial charge in [-0.05, 0) is 12.1 Å². The van der Waals surface area contributed by atoms with Gasteiger partial charge in [-0.15, -0.1) is 12.4 Å². The van der Waals surface area contributed by atoms with Gasteiger partial charge in [0.1, 0.15) is 0 Å². The summed E-state index contributed by atoms with van der Waals surface area (Å²) < 4.78 is 28.0. The highest BCUT2D eigenvalue weighted by molar-refractivity contribution is 5.85. The van der Waals surface area contributed by atoms with Crippen LogP contribution >= 0.6 is 12.4 Å². The van der Waals surface area contributed by atoms with Crippen molar-refractivity contribution in [3.05, 3.63) is 53.4 Å². The van der Waals surface area contributed by atoms with Gasteiger partial charge in [0.25, 0.3) is 0 Å². The minimum atomic E-state index is -0.815. The fourth-order valence-electron chi connectivity index (χ4n) is 1.58. The van der Waals surface area contributed by atoms with E-state index in [4.69, 9.17) is 0 Å². The molecule has 1 N–H and O–H groups in total. The summed E-state index contributed by atoms with van der Waals surface area (Å²) in [5.41, 5.74) is 1.31. The standard InChI is InChI=1S/C12H13F2N3.ClH/c1-17-10(5-6-16-17)8-15-7-9-3-2-4-11(13)12(9)14;/h2-6,15H,7-8H2,1H3;1H. The molecule has 98 valence electrons. The van der Waals surface area contributed by atoms with Crippen LogP contribution in [0, 0.1) is 11.6 Å². The third kappa shape index (κ3) is 3.27. The van der Waals surface area contributed by atoms with E-state index >= 15 is 0 Å². The van der Waals surface area contributed by atoms with Crippen LogP contribution in [0.15, 0.2) is 30.5 Å². The fourth-order valence-corrected chi connectivity index (χ4v) is 1.58. The van der Waals surface area contributed by atoms with Crippen molar-refractivity contribution in [3.63, 3.8) is 0 Å². The summed E-state index contributed by atoms with van der Waals surface area (Å²) in [5.74, 6) is -1.60. The molecule has 0 unspecified atom stereocenters. The van der Waals surface area contributed by atoms with Gasteiger partial charge in [-0.25, -0.2) is 8.78 Å². The van der Waals surface area contributed by atoms with Crippen LogP contribution in [0.4, 0.5) is 8.78 Å².